The van der Waals surface area contributed by atoms with Gasteiger partial charge in [-0.25, -0.2) is 0 Å². The molecule has 0 N–H and O–H groups in total. The van der Waals surface area contributed by atoms with Crippen molar-refractivity contribution >= 4 is 5.97 Å². The van der Waals surface area contributed by atoms with Crippen molar-refractivity contribution in [3.8, 4) is 5.75 Å². The standard InChI is InChI=1S/C20H26O2/c1-12-4-13(2)18(14(3)5-12)22-19(21)20-9-15-6-16(10-20)8-17(7-15)11-20/h4-5,15-17H,6-11H2,1-3H3. The summed E-state index contributed by atoms with van der Waals surface area (Å²) < 4.78 is 5.98. The molecule has 4 bridgehead atoms. The van der Waals surface area contributed by atoms with E-state index in [2.05, 4.69) is 19.1 Å². The maximum absolute atomic E-state index is 13.0. The minimum absolute atomic E-state index is 0.0571. The lowest BCUT2D eigenvalue weighted by molar-refractivity contribution is -0.161. The summed E-state index contributed by atoms with van der Waals surface area (Å²) in [6, 6.07) is 4.21. The molecule has 0 atom stereocenters. The minimum Gasteiger partial charge on any atom is -0.426 e. The Morgan fingerprint density at radius 2 is 1.41 bits per heavy atom. The van der Waals surface area contributed by atoms with Crippen LogP contribution >= 0.6 is 0 Å². The third kappa shape index (κ3) is 2.19. The van der Waals surface area contributed by atoms with Crippen LogP contribution in [0.4, 0.5) is 0 Å². The van der Waals surface area contributed by atoms with Crippen molar-refractivity contribution in [1.82, 2.24) is 0 Å². The Morgan fingerprint density at radius 1 is 0.955 bits per heavy atom. The molecule has 4 fully saturated rings. The van der Waals surface area contributed by atoms with Gasteiger partial charge < -0.3 is 4.74 Å². The highest BCUT2D eigenvalue weighted by molar-refractivity contribution is 5.80. The highest BCUT2D eigenvalue weighted by Gasteiger charge is 2.55. The Bertz CT molecular complexity index is 570. The molecular formula is C20H26O2. The van der Waals surface area contributed by atoms with Crippen molar-refractivity contribution in [3.05, 3.63) is 28.8 Å². The number of aryl methyl sites for hydroxylation is 3. The van der Waals surface area contributed by atoms with Gasteiger partial charge in [-0.05, 0) is 88.2 Å². The molecule has 2 nitrogen and oxygen atoms in total. The van der Waals surface area contributed by atoms with Crippen LogP contribution in [-0.2, 0) is 4.79 Å². The number of rotatable bonds is 2. The zero-order chi connectivity index (χ0) is 15.5. The third-order valence-corrected chi connectivity index (χ3v) is 6.27. The molecule has 0 aliphatic heterocycles. The summed E-state index contributed by atoms with van der Waals surface area (Å²) in [6.07, 6.45) is 7.28. The van der Waals surface area contributed by atoms with E-state index >= 15 is 0 Å². The van der Waals surface area contributed by atoms with Gasteiger partial charge in [0.05, 0.1) is 5.41 Å². The molecule has 0 aromatic heterocycles. The maximum atomic E-state index is 13.0. The predicted octanol–water partition coefficient (Wildman–Crippen LogP) is 4.73. The zero-order valence-electron chi connectivity index (χ0n) is 13.9. The lowest BCUT2D eigenvalue weighted by Crippen LogP contribution is -2.51. The van der Waals surface area contributed by atoms with Crippen molar-refractivity contribution in [2.45, 2.75) is 59.3 Å². The summed E-state index contributed by atoms with van der Waals surface area (Å²) in [4.78, 5) is 13.0. The summed E-state index contributed by atoms with van der Waals surface area (Å²) >= 11 is 0. The summed E-state index contributed by atoms with van der Waals surface area (Å²) in [5.41, 5.74) is 3.22. The molecule has 0 saturated heterocycles. The van der Waals surface area contributed by atoms with Crippen LogP contribution in [-0.4, -0.2) is 5.97 Å². The number of benzene rings is 1. The van der Waals surface area contributed by atoms with Gasteiger partial charge in [-0.1, -0.05) is 17.7 Å². The first kappa shape index (κ1) is 14.3. The molecule has 5 rings (SSSR count). The van der Waals surface area contributed by atoms with Crippen LogP contribution in [0.2, 0.25) is 0 Å². The summed E-state index contributed by atoms with van der Waals surface area (Å²) in [6.45, 7) is 6.18. The maximum Gasteiger partial charge on any atom is 0.317 e. The number of carbonyl (C=O) groups is 1. The van der Waals surface area contributed by atoms with E-state index in [0.717, 1.165) is 53.9 Å². The first-order valence-electron chi connectivity index (χ1n) is 8.75. The molecule has 4 aliphatic rings. The summed E-state index contributed by atoms with van der Waals surface area (Å²) in [7, 11) is 0. The molecular weight excluding hydrogens is 272 g/mol. The molecule has 0 spiro atoms. The number of carbonyl (C=O) groups excluding carboxylic acids is 1. The lowest BCUT2D eigenvalue weighted by atomic mass is 9.49. The number of hydrogen-bond donors (Lipinski definition) is 0. The van der Waals surface area contributed by atoms with Crippen LogP contribution in [0.5, 0.6) is 5.75 Å². The van der Waals surface area contributed by atoms with Gasteiger partial charge in [0.25, 0.3) is 0 Å². The van der Waals surface area contributed by atoms with Crippen molar-refractivity contribution < 1.29 is 9.53 Å². The normalized spacial score (nSPS) is 35.7. The van der Waals surface area contributed by atoms with E-state index < -0.39 is 0 Å². The first-order valence-corrected chi connectivity index (χ1v) is 8.75. The van der Waals surface area contributed by atoms with E-state index in [1.165, 1.54) is 24.8 Å². The fourth-order valence-electron chi connectivity index (χ4n) is 5.89. The van der Waals surface area contributed by atoms with Gasteiger partial charge in [0.2, 0.25) is 0 Å². The Kier molecular flexibility index (Phi) is 3.15. The fourth-order valence-corrected chi connectivity index (χ4v) is 5.89. The van der Waals surface area contributed by atoms with Gasteiger partial charge in [-0.15, -0.1) is 0 Å². The highest BCUT2D eigenvalue weighted by atomic mass is 16.5. The van der Waals surface area contributed by atoms with Crippen molar-refractivity contribution in [1.29, 1.82) is 0 Å². The minimum atomic E-state index is -0.168. The second kappa shape index (κ2) is 4.84. The van der Waals surface area contributed by atoms with Crippen LogP contribution in [0, 0.1) is 43.9 Å². The van der Waals surface area contributed by atoms with E-state index in [-0.39, 0.29) is 11.4 Å². The Balaban J connectivity index is 1.60. The van der Waals surface area contributed by atoms with Crippen LogP contribution < -0.4 is 4.74 Å². The van der Waals surface area contributed by atoms with Crippen molar-refractivity contribution in [2.75, 3.05) is 0 Å². The lowest BCUT2D eigenvalue weighted by Gasteiger charge is -2.55. The predicted molar refractivity (Wildman–Crippen MR) is 86.9 cm³/mol. The zero-order valence-corrected chi connectivity index (χ0v) is 13.9. The summed E-state index contributed by atoms with van der Waals surface area (Å²) in [5.74, 6) is 3.19. The van der Waals surface area contributed by atoms with Crippen LogP contribution in [0.1, 0.15) is 55.2 Å². The fraction of sp³-hybridized carbons (Fsp3) is 0.650. The quantitative estimate of drug-likeness (QED) is 0.582. The number of ether oxygens (including phenoxy) is 1. The van der Waals surface area contributed by atoms with Gasteiger partial charge in [0.15, 0.2) is 0 Å². The van der Waals surface area contributed by atoms with E-state index in [1.807, 2.05) is 13.8 Å². The monoisotopic (exact) mass is 298 g/mol. The van der Waals surface area contributed by atoms with Gasteiger partial charge >= 0.3 is 5.97 Å². The summed E-state index contributed by atoms with van der Waals surface area (Å²) in [5, 5.41) is 0. The molecule has 0 amide bonds. The smallest absolute Gasteiger partial charge is 0.317 e. The average molecular weight is 298 g/mol. The molecule has 118 valence electrons. The Hall–Kier alpha value is -1.31. The van der Waals surface area contributed by atoms with E-state index in [9.17, 15) is 4.79 Å². The Labute approximate surface area is 133 Å². The van der Waals surface area contributed by atoms with Crippen LogP contribution in [0.15, 0.2) is 12.1 Å². The molecule has 2 heteroatoms. The molecule has 0 radical (unpaired) electrons. The molecule has 4 aliphatic carbocycles. The number of hydrogen-bond acceptors (Lipinski definition) is 2. The van der Waals surface area contributed by atoms with Gasteiger partial charge in [-0.3, -0.25) is 4.79 Å². The largest absolute Gasteiger partial charge is 0.426 e. The van der Waals surface area contributed by atoms with Crippen molar-refractivity contribution in [3.63, 3.8) is 0 Å². The van der Waals surface area contributed by atoms with Gasteiger partial charge in [-0.2, -0.15) is 0 Å². The molecule has 1 aromatic carbocycles. The molecule has 22 heavy (non-hydrogen) atoms. The molecule has 4 saturated carbocycles. The van der Waals surface area contributed by atoms with Gasteiger partial charge in [0, 0.05) is 0 Å². The van der Waals surface area contributed by atoms with E-state index in [1.54, 1.807) is 0 Å². The second-order valence-electron chi connectivity index (χ2n) is 8.32. The molecule has 0 unspecified atom stereocenters. The van der Waals surface area contributed by atoms with Crippen molar-refractivity contribution in [2.24, 2.45) is 23.2 Å². The highest BCUT2D eigenvalue weighted by Crippen LogP contribution is 2.60. The molecule has 1 aromatic rings. The van der Waals surface area contributed by atoms with E-state index in [4.69, 9.17) is 4.74 Å². The van der Waals surface area contributed by atoms with Crippen LogP contribution in [0.25, 0.3) is 0 Å². The average Bonchev–Trinajstić information content (AvgIpc) is 2.41. The Morgan fingerprint density at radius 3 is 1.86 bits per heavy atom. The first-order chi connectivity index (χ1) is 10.4. The SMILES string of the molecule is Cc1cc(C)c(OC(=O)C23CC4CC(CC(C4)C2)C3)c(C)c1. The van der Waals surface area contributed by atoms with E-state index in [0.29, 0.717) is 0 Å². The molecule has 0 heterocycles. The second-order valence-corrected chi connectivity index (χ2v) is 8.32. The van der Waals surface area contributed by atoms with Crippen LogP contribution in [0.3, 0.4) is 0 Å². The number of esters is 1. The third-order valence-electron chi connectivity index (χ3n) is 6.27. The van der Waals surface area contributed by atoms with Gasteiger partial charge in [0.1, 0.15) is 5.75 Å². The topological polar surface area (TPSA) is 26.3 Å².